The Morgan fingerprint density at radius 1 is 0.958 bits per heavy atom. The monoisotopic (exact) mass is 324 g/mol. The zero-order chi connectivity index (χ0) is 16.8. The number of rotatable bonds is 6. The Labute approximate surface area is 143 Å². The number of nitrogens with zero attached hydrogens (tertiary/aromatic N) is 1. The molecule has 2 aromatic carbocycles. The van der Waals surface area contributed by atoms with Gasteiger partial charge in [-0.1, -0.05) is 60.7 Å². The lowest BCUT2D eigenvalue weighted by Crippen LogP contribution is -2.33. The maximum absolute atomic E-state index is 11.3. The average Bonchev–Trinajstić information content (AvgIpc) is 3.14. The molecule has 2 unspecified atom stereocenters. The Balaban J connectivity index is 1.86. The van der Waals surface area contributed by atoms with E-state index in [0.717, 1.165) is 25.1 Å². The van der Waals surface area contributed by atoms with Crippen LogP contribution < -0.4 is 5.32 Å². The number of carbonyl (C=O) groups is 1. The summed E-state index contributed by atoms with van der Waals surface area (Å²) in [6.07, 6.45) is 2.19. The summed E-state index contributed by atoms with van der Waals surface area (Å²) in [4.78, 5) is 13.8. The predicted octanol–water partition coefficient (Wildman–Crippen LogP) is 4.22. The van der Waals surface area contributed by atoms with Crippen LogP contribution in [0, 0.1) is 0 Å². The minimum absolute atomic E-state index is 0.213. The van der Waals surface area contributed by atoms with Gasteiger partial charge in [0.2, 0.25) is 0 Å². The summed E-state index contributed by atoms with van der Waals surface area (Å²) < 4.78 is 0. The fraction of sp³-hybridized carbons (Fsp3) is 0.350. The molecule has 0 spiro atoms. The van der Waals surface area contributed by atoms with Crippen molar-refractivity contribution in [3.63, 3.8) is 0 Å². The molecule has 0 radical (unpaired) electrons. The van der Waals surface area contributed by atoms with Crippen molar-refractivity contribution in [3.8, 4) is 0 Å². The number of amides is 1. The molecule has 1 heterocycles. The quantitative estimate of drug-likeness (QED) is 0.836. The van der Waals surface area contributed by atoms with Crippen molar-refractivity contribution < 1.29 is 9.90 Å². The van der Waals surface area contributed by atoms with E-state index in [9.17, 15) is 9.90 Å². The number of hydrogen-bond acceptors (Lipinski definition) is 2. The fourth-order valence-corrected chi connectivity index (χ4v) is 3.56. The van der Waals surface area contributed by atoms with E-state index in [0.29, 0.717) is 0 Å². The maximum atomic E-state index is 11.3. The normalized spacial score (nSPS) is 17.3. The highest BCUT2D eigenvalue weighted by atomic mass is 16.4. The second kappa shape index (κ2) is 7.97. The lowest BCUT2D eigenvalue weighted by Gasteiger charge is -2.31. The molecule has 0 aliphatic carbocycles. The molecule has 2 aromatic rings. The Morgan fingerprint density at radius 2 is 1.50 bits per heavy atom. The number of benzene rings is 2. The van der Waals surface area contributed by atoms with Gasteiger partial charge in [0, 0.05) is 6.04 Å². The molecule has 126 valence electrons. The van der Waals surface area contributed by atoms with Crippen molar-refractivity contribution in [2.75, 3.05) is 13.1 Å². The van der Waals surface area contributed by atoms with Crippen LogP contribution in [0.15, 0.2) is 60.7 Å². The summed E-state index contributed by atoms with van der Waals surface area (Å²) in [5, 5.41) is 12.0. The van der Waals surface area contributed by atoms with Gasteiger partial charge in [-0.3, -0.25) is 4.90 Å². The van der Waals surface area contributed by atoms with E-state index < -0.39 is 6.09 Å². The Hall–Kier alpha value is -2.33. The van der Waals surface area contributed by atoms with E-state index in [4.69, 9.17) is 0 Å². The molecule has 0 saturated carbocycles. The third kappa shape index (κ3) is 4.15. The van der Waals surface area contributed by atoms with Crippen molar-refractivity contribution in [1.29, 1.82) is 0 Å². The van der Waals surface area contributed by atoms with E-state index in [2.05, 4.69) is 34.5 Å². The first-order valence-electron chi connectivity index (χ1n) is 8.57. The van der Waals surface area contributed by atoms with E-state index in [-0.39, 0.29) is 12.1 Å². The van der Waals surface area contributed by atoms with Gasteiger partial charge in [-0.05, 0) is 43.5 Å². The van der Waals surface area contributed by atoms with Crippen molar-refractivity contribution in [3.05, 3.63) is 71.8 Å². The summed E-state index contributed by atoms with van der Waals surface area (Å²) in [6, 6.07) is 20.3. The lowest BCUT2D eigenvalue weighted by molar-refractivity contribution is 0.178. The molecule has 1 fully saturated rings. The minimum atomic E-state index is -0.975. The average molecular weight is 324 g/mol. The summed E-state index contributed by atoms with van der Waals surface area (Å²) in [6.45, 7) is 2.16. The number of likely N-dealkylation sites (tertiary alicyclic amines) is 1. The molecule has 1 aliphatic heterocycles. The van der Waals surface area contributed by atoms with Crippen LogP contribution in [0.4, 0.5) is 4.79 Å². The van der Waals surface area contributed by atoms with Gasteiger partial charge in [0.25, 0.3) is 0 Å². The Bertz CT molecular complexity index is 639. The second-order valence-electron chi connectivity index (χ2n) is 6.32. The number of hydrogen-bond donors (Lipinski definition) is 2. The van der Waals surface area contributed by atoms with Crippen molar-refractivity contribution in [2.24, 2.45) is 0 Å². The summed E-state index contributed by atoms with van der Waals surface area (Å²) in [7, 11) is 0. The van der Waals surface area contributed by atoms with Gasteiger partial charge in [0.05, 0.1) is 6.04 Å². The molecule has 2 N–H and O–H groups in total. The molecule has 4 nitrogen and oxygen atoms in total. The van der Waals surface area contributed by atoms with Gasteiger partial charge in [-0.25, -0.2) is 4.79 Å². The molecule has 2 atom stereocenters. The van der Waals surface area contributed by atoms with E-state index in [1.165, 1.54) is 18.4 Å². The smallest absolute Gasteiger partial charge is 0.405 e. The topological polar surface area (TPSA) is 52.6 Å². The Kier molecular flexibility index (Phi) is 5.49. The van der Waals surface area contributed by atoms with Crippen LogP contribution in [0.3, 0.4) is 0 Å². The van der Waals surface area contributed by atoms with Crippen LogP contribution in [0.1, 0.15) is 42.5 Å². The van der Waals surface area contributed by atoms with Crippen LogP contribution >= 0.6 is 0 Å². The van der Waals surface area contributed by atoms with Gasteiger partial charge in [-0.15, -0.1) is 0 Å². The van der Waals surface area contributed by atoms with Crippen LogP contribution in [0.25, 0.3) is 0 Å². The molecule has 3 rings (SSSR count). The molecule has 1 amide bonds. The highest BCUT2D eigenvalue weighted by Gasteiger charge is 2.27. The van der Waals surface area contributed by atoms with Gasteiger partial charge in [-0.2, -0.15) is 0 Å². The fourth-order valence-electron chi connectivity index (χ4n) is 3.56. The zero-order valence-corrected chi connectivity index (χ0v) is 13.8. The third-order valence-corrected chi connectivity index (χ3v) is 4.72. The number of nitrogens with one attached hydrogen (secondary N) is 1. The van der Waals surface area contributed by atoms with Crippen LogP contribution in [0.2, 0.25) is 0 Å². The zero-order valence-electron chi connectivity index (χ0n) is 13.8. The first-order valence-corrected chi connectivity index (χ1v) is 8.57. The highest BCUT2D eigenvalue weighted by Crippen LogP contribution is 2.33. The largest absolute Gasteiger partial charge is 0.465 e. The van der Waals surface area contributed by atoms with E-state index in [1.54, 1.807) is 0 Å². The standard InChI is InChI=1S/C20H24N2O2/c23-20(24)21-18(16-9-3-1-4-10-16)15-19(22-13-7-8-14-22)17-11-5-2-6-12-17/h1-6,9-12,18-19,21H,7-8,13-15H2,(H,23,24). The van der Waals surface area contributed by atoms with Crippen LogP contribution in [-0.4, -0.2) is 29.2 Å². The van der Waals surface area contributed by atoms with E-state index in [1.807, 2.05) is 36.4 Å². The van der Waals surface area contributed by atoms with Crippen LogP contribution in [-0.2, 0) is 0 Å². The minimum Gasteiger partial charge on any atom is -0.465 e. The van der Waals surface area contributed by atoms with Crippen molar-refractivity contribution in [2.45, 2.75) is 31.3 Å². The molecular formula is C20H24N2O2. The first kappa shape index (κ1) is 16.5. The van der Waals surface area contributed by atoms with Crippen molar-refractivity contribution in [1.82, 2.24) is 10.2 Å². The van der Waals surface area contributed by atoms with Gasteiger partial charge >= 0.3 is 6.09 Å². The summed E-state index contributed by atoms with van der Waals surface area (Å²) in [5.41, 5.74) is 2.27. The molecule has 24 heavy (non-hydrogen) atoms. The summed E-state index contributed by atoms with van der Waals surface area (Å²) >= 11 is 0. The molecule has 4 heteroatoms. The third-order valence-electron chi connectivity index (χ3n) is 4.72. The van der Waals surface area contributed by atoms with Gasteiger partial charge < -0.3 is 10.4 Å². The molecule has 1 saturated heterocycles. The van der Waals surface area contributed by atoms with Gasteiger partial charge in [0.1, 0.15) is 0 Å². The highest BCUT2D eigenvalue weighted by molar-refractivity contribution is 5.65. The first-order chi connectivity index (χ1) is 11.7. The second-order valence-corrected chi connectivity index (χ2v) is 6.32. The lowest BCUT2D eigenvalue weighted by atomic mass is 9.94. The molecule has 1 aliphatic rings. The summed E-state index contributed by atoms with van der Waals surface area (Å²) in [5.74, 6) is 0. The van der Waals surface area contributed by atoms with Crippen molar-refractivity contribution >= 4 is 6.09 Å². The van der Waals surface area contributed by atoms with E-state index >= 15 is 0 Å². The molecule has 0 bridgehead atoms. The Morgan fingerprint density at radius 3 is 2.04 bits per heavy atom. The number of carboxylic acid groups (broad SMARTS) is 1. The van der Waals surface area contributed by atoms with Crippen LogP contribution in [0.5, 0.6) is 0 Å². The SMILES string of the molecule is O=C(O)NC(CC(c1ccccc1)N1CCCC1)c1ccccc1. The molecular weight excluding hydrogens is 300 g/mol. The van der Waals surface area contributed by atoms with Gasteiger partial charge in [0.15, 0.2) is 0 Å². The maximum Gasteiger partial charge on any atom is 0.405 e. The molecule has 0 aromatic heterocycles. The predicted molar refractivity (Wildman–Crippen MR) is 95.0 cm³/mol.